The molecule has 0 saturated heterocycles. The van der Waals surface area contributed by atoms with E-state index in [1.165, 1.54) is 0 Å². The first-order valence-corrected chi connectivity index (χ1v) is 7.26. The smallest absolute Gasteiger partial charge is 0.204 e. The van der Waals surface area contributed by atoms with Crippen molar-refractivity contribution in [1.29, 1.82) is 0 Å². The Balaban J connectivity index is 1.62. The molecule has 0 radical (unpaired) electrons. The van der Waals surface area contributed by atoms with Crippen LogP contribution < -0.4 is 4.74 Å². The second-order valence-electron chi connectivity index (χ2n) is 5.14. The van der Waals surface area contributed by atoms with E-state index in [0.717, 1.165) is 22.4 Å². The Labute approximate surface area is 129 Å². The molecule has 2 aromatic carbocycles. The van der Waals surface area contributed by atoms with Crippen molar-refractivity contribution >= 4 is 0 Å². The fourth-order valence-electron chi connectivity index (χ4n) is 2.30. The van der Waals surface area contributed by atoms with E-state index in [0.29, 0.717) is 19.0 Å². The van der Waals surface area contributed by atoms with Crippen LogP contribution in [0.2, 0.25) is 0 Å². The number of rotatable bonds is 5. The Morgan fingerprint density at radius 2 is 1.68 bits per heavy atom. The zero-order valence-electron chi connectivity index (χ0n) is 12.7. The van der Waals surface area contributed by atoms with Gasteiger partial charge < -0.3 is 4.74 Å². The van der Waals surface area contributed by atoms with Gasteiger partial charge in [-0.1, -0.05) is 48.5 Å². The number of hydrogen-bond acceptors (Lipinski definition) is 4. The van der Waals surface area contributed by atoms with Crippen LogP contribution in [-0.2, 0) is 6.54 Å². The molecule has 5 heteroatoms. The van der Waals surface area contributed by atoms with Gasteiger partial charge in [-0.15, -0.1) is 10.2 Å². The summed E-state index contributed by atoms with van der Waals surface area (Å²) in [4.78, 5) is 1.57. The predicted molar refractivity (Wildman–Crippen MR) is 84.7 cm³/mol. The number of ether oxygens (including phenoxy) is 1. The van der Waals surface area contributed by atoms with E-state index >= 15 is 0 Å². The minimum absolute atomic E-state index is 0.510. The molecule has 0 fully saturated rings. The fraction of sp³-hybridized carbons (Fsp3) is 0.235. The van der Waals surface area contributed by atoms with Crippen LogP contribution in [0.25, 0.3) is 11.4 Å². The van der Waals surface area contributed by atoms with Crippen LogP contribution in [0.4, 0.5) is 0 Å². The molecule has 0 N–H and O–H groups in total. The number of nitrogens with zero attached hydrogens (tertiary/aromatic N) is 4. The molecule has 22 heavy (non-hydrogen) atoms. The SMILES string of the molecule is Cc1cccc(C)c1OCCn1nnc(-c2ccccc2)n1. The van der Waals surface area contributed by atoms with Crippen LogP contribution >= 0.6 is 0 Å². The summed E-state index contributed by atoms with van der Waals surface area (Å²) in [5.74, 6) is 1.57. The van der Waals surface area contributed by atoms with E-state index in [-0.39, 0.29) is 0 Å². The Morgan fingerprint density at radius 3 is 2.41 bits per heavy atom. The zero-order chi connectivity index (χ0) is 15.4. The normalized spacial score (nSPS) is 10.6. The maximum atomic E-state index is 5.86. The minimum atomic E-state index is 0.510. The maximum Gasteiger partial charge on any atom is 0.204 e. The summed E-state index contributed by atoms with van der Waals surface area (Å²) in [7, 11) is 0. The van der Waals surface area contributed by atoms with Crippen molar-refractivity contribution in [2.45, 2.75) is 20.4 Å². The third-order valence-electron chi connectivity index (χ3n) is 3.43. The number of para-hydroxylation sites is 1. The van der Waals surface area contributed by atoms with Gasteiger partial charge in [-0.25, -0.2) is 0 Å². The van der Waals surface area contributed by atoms with E-state index in [1.807, 2.05) is 62.4 Å². The zero-order valence-corrected chi connectivity index (χ0v) is 12.7. The van der Waals surface area contributed by atoms with Gasteiger partial charge in [-0.3, -0.25) is 0 Å². The predicted octanol–water partition coefficient (Wildman–Crippen LogP) is 3.04. The lowest BCUT2D eigenvalue weighted by Crippen LogP contribution is -2.12. The lowest BCUT2D eigenvalue weighted by atomic mass is 10.1. The standard InChI is InChI=1S/C17H18N4O/c1-13-7-6-8-14(2)16(13)22-12-11-21-19-17(18-20-21)15-9-4-3-5-10-15/h3-10H,11-12H2,1-2H3. The van der Waals surface area contributed by atoms with Crippen molar-refractivity contribution in [2.24, 2.45) is 0 Å². The molecule has 112 valence electrons. The van der Waals surface area contributed by atoms with Crippen LogP contribution in [0, 0.1) is 13.8 Å². The molecule has 0 aliphatic carbocycles. The number of aromatic nitrogens is 4. The Morgan fingerprint density at radius 1 is 0.955 bits per heavy atom. The van der Waals surface area contributed by atoms with Gasteiger partial charge in [0, 0.05) is 5.56 Å². The summed E-state index contributed by atoms with van der Waals surface area (Å²) in [6.45, 7) is 5.16. The summed E-state index contributed by atoms with van der Waals surface area (Å²) in [6.07, 6.45) is 0. The molecule has 5 nitrogen and oxygen atoms in total. The van der Waals surface area contributed by atoms with Crippen molar-refractivity contribution < 1.29 is 4.74 Å². The molecule has 3 aromatic rings. The van der Waals surface area contributed by atoms with Crippen LogP contribution in [0.15, 0.2) is 48.5 Å². The second-order valence-corrected chi connectivity index (χ2v) is 5.14. The van der Waals surface area contributed by atoms with Crippen LogP contribution in [0.3, 0.4) is 0 Å². The Kier molecular flexibility index (Phi) is 4.14. The van der Waals surface area contributed by atoms with E-state index < -0.39 is 0 Å². The third kappa shape index (κ3) is 3.14. The third-order valence-corrected chi connectivity index (χ3v) is 3.43. The highest BCUT2D eigenvalue weighted by molar-refractivity contribution is 5.52. The lowest BCUT2D eigenvalue weighted by Gasteiger charge is -2.11. The van der Waals surface area contributed by atoms with E-state index in [9.17, 15) is 0 Å². The first-order chi connectivity index (χ1) is 10.7. The molecule has 0 bridgehead atoms. The van der Waals surface area contributed by atoms with Gasteiger partial charge in [0.05, 0.1) is 6.54 Å². The van der Waals surface area contributed by atoms with Gasteiger partial charge in [0.2, 0.25) is 5.82 Å². The summed E-state index contributed by atoms with van der Waals surface area (Å²) >= 11 is 0. The second kappa shape index (κ2) is 6.39. The monoisotopic (exact) mass is 294 g/mol. The summed E-state index contributed by atoms with van der Waals surface area (Å²) in [6, 6.07) is 15.9. The van der Waals surface area contributed by atoms with Crippen molar-refractivity contribution in [3.8, 4) is 17.1 Å². The molecule has 0 amide bonds. The highest BCUT2D eigenvalue weighted by Crippen LogP contribution is 2.22. The largest absolute Gasteiger partial charge is 0.491 e. The molecular formula is C17H18N4O. The van der Waals surface area contributed by atoms with Crippen LogP contribution in [-0.4, -0.2) is 26.8 Å². The quantitative estimate of drug-likeness (QED) is 0.726. The summed E-state index contributed by atoms with van der Waals surface area (Å²) < 4.78 is 5.86. The van der Waals surface area contributed by atoms with Gasteiger partial charge in [0.1, 0.15) is 12.4 Å². The molecular weight excluding hydrogens is 276 g/mol. The average Bonchev–Trinajstić information content (AvgIpc) is 3.00. The number of hydrogen-bond donors (Lipinski definition) is 0. The Hall–Kier alpha value is -2.69. The average molecular weight is 294 g/mol. The van der Waals surface area contributed by atoms with Crippen LogP contribution in [0.1, 0.15) is 11.1 Å². The molecule has 0 unspecified atom stereocenters. The number of tetrazole rings is 1. The van der Waals surface area contributed by atoms with Crippen molar-refractivity contribution in [1.82, 2.24) is 20.2 Å². The molecule has 0 saturated carbocycles. The molecule has 0 atom stereocenters. The molecule has 0 spiro atoms. The van der Waals surface area contributed by atoms with E-state index in [4.69, 9.17) is 4.74 Å². The van der Waals surface area contributed by atoms with Gasteiger partial charge in [-0.2, -0.15) is 4.80 Å². The topological polar surface area (TPSA) is 52.8 Å². The van der Waals surface area contributed by atoms with Crippen molar-refractivity contribution in [3.05, 3.63) is 59.7 Å². The first kappa shape index (κ1) is 14.3. The molecule has 0 aliphatic heterocycles. The highest BCUT2D eigenvalue weighted by atomic mass is 16.5. The van der Waals surface area contributed by atoms with Gasteiger partial charge in [-0.05, 0) is 30.2 Å². The molecule has 1 heterocycles. The van der Waals surface area contributed by atoms with E-state index in [2.05, 4.69) is 15.4 Å². The van der Waals surface area contributed by atoms with E-state index in [1.54, 1.807) is 4.80 Å². The lowest BCUT2D eigenvalue weighted by molar-refractivity contribution is 0.277. The van der Waals surface area contributed by atoms with Crippen molar-refractivity contribution in [2.75, 3.05) is 6.61 Å². The maximum absolute atomic E-state index is 5.86. The van der Waals surface area contributed by atoms with Crippen molar-refractivity contribution in [3.63, 3.8) is 0 Å². The van der Waals surface area contributed by atoms with Gasteiger partial charge >= 0.3 is 0 Å². The molecule has 3 rings (SSSR count). The molecule has 0 aliphatic rings. The number of benzene rings is 2. The molecule has 1 aromatic heterocycles. The first-order valence-electron chi connectivity index (χ1n) is 7.26. The minimum Gasteiger partial charge on any atom is -0.491 e. The van der Waals surface area contributed by atoms with Gasteiger partial charge in [0.15, 0.2) is 0 Å². The Bertz CT molecular complexity index is 732. The fourth-order valence-corrected chi connectivity index (χ4v) is 2.30. The summed E-state index contributed by atoms with van der Waals surface area (Å²) in [5, 5.41) is 12.5. The van der Waals surface area contributed by atoms with Crippen LogP contribution in [0.5, 0.6) is 5.75 Å². The van der Waals surface area contributed by atoms with Gasteiger partial charge in [0.25, 0.3) is 0 Å². The summed E-state index contributed by atoms with van der Waals surface area (Å²) in [5.41, 5.74) is 3.23. The highest BCUT2D eigenvalue weighted by Gasteiger charge is 2.06. The number of aryl methyl sites for hydroxylation is 2.